The minimum absolute atomic E-state index is 0. The fourth-order valence-corrected chi connectivity index (χ4v) is 1.42. The van der Waals surface area contributed by atoms with E-state index >= 15 is 0 Å². The Morgan fingerprint density at radius 3 is 2.58 bits per heavy atom. The van der Waals surface area contributed by atoms with Crippen molar-refractivity contribution in [3.05, 3.63) is 46.7 Å². The van der Waals surface area contributed by atoms with E-state index in [1.165, 1.54) is 6.07 Å². The first-order valence-corrected chi connectivity index (χ1v) is 5.10. The van der Waals surface area contributed by atoms with E-state index in [-0.39, 0.29) is 56.8 Å². The van der Waals surface area contributed by atoms with Crippen LogP contribution >= 0.6 is 0 Å². The number of fused-ring (bicyclic) bond motifs is 1. The molecule has 9 heteroatoms. The average molecular weight is 293 g/mol. The number of benzene rings is 1. The summed E-state index contributed by atoms with van der Waals surface area (Å²) >= 11 is 0. The molecule has 0 bridgehead atoms. The number of nitrogens with zero attached hydrogens (tertiary/aromatic N) is 3. The van der Waals surface area contributed by atoms with Gasteiger partial charge in [0.25, 0.3) is 5.56 Å². The molecule has 2 rings (SSSR count). The molecule has 4 nitrogen and oxygen atoms in total. The molecule has 0 unspecified atom stereocenters. The van der Waals surface area contributed by atoms with Crippen LogP contribution in [0.15, 0.2) is 41.1 Å². The van der Waals surface area contributed by atoms with Crippen LogP contribution in [0.25, 0.3) is 10.9 Å². The maximum absolute atomic E-state index is 12.4. The Morgan fingerprint density at radius 1 is 1.32 bits per heavy atom. The maximum Gasteiger partial charge on any atom is 1.00 e. The largest absolute Gasteiger partial charge is 1.00 e. The van der Waals surface area contributed by atoms with Crippen LogP contribution in [-0.4, -0.2) is 22.0 Å². The molecule has 1 aromatic heterocycles. The third-order valence-corrected chi connectivity index (χ3v) is 2.45. The van der Waals surface area contributed by atoms with E-state index in [1.807, 2.05) is 0 Å². The fourth-order valence-electron chi connectivity index (χ4n) is 1.42. The maximum atomic E-state index is 12.4. The third kappa shape index (κ3) is 3.76. The Bertz CT molecular complexity index is 671. The first-order chi connectivity index (χ1) is 8.39. The zero-order valence-electron chi connectivity index (χ0n) is 10.2. The third-order valence-electron chi connectivity index (χ3n) is 2.45. The van der Waals surface area contributed by atoms with Crippen molar-refractivity contribution in [1.29, 1.82) is 0 Å². The van der Waals surface area contributed by atoms with Gasteiger partial charge in [-0.05, 0) is 12.1 Å². The molecule has 0 amide bonds. The SMILES string of the molecule is C=C(Cn1nnc2ccccc2c1=O)[B-](F)(F)F.[K+]. The second-order valence-corrected chi connectivity index (χ2v) is 3.80. The van der Waals surface area contributed by atoms with E-state index < -0.39 is 24.6 Å². The molecular weight excluding hydrogens is 285 g/mol. The van der Waals surface area contributed by atoms with E-state index in [1.54, 1.807) is 18.2 Å². The molecule has 0 aliphatic rings. The molecule has 0 aliphatic carbocycles. The minimum Gasteiger partial charge on any atom is -0.445 e. The molecule has 0 N–H and O–H groups in total. The molecule has 0 spiro atoms. The Kier molecular flexibility index (Phi) is 5.51. The van der Waals surface area contributed by atoms with Crippen molar-refractivity contribution in [2.45, 2.75) is 6.54 Å². The monoisotopic (exact) mass is 293 g/mol. The molecule has 0 saturated carbocycles. The number of halogens is 3. The van der Waals surface area contributed by atoms with E-state index in [0.717, 1.165) is 0 Å². The van der Waals surface area contributed by atoms with Crippen LogP contribution in [0, 0.1) is 0 Å². The summed E-state index contributed by atoms with van der Waals surface area (Å²) in [5, 5.41) is 7.38. The van der Waals surface area contributed by atoms with Crippen molar-refractivity contribution in [2.75, 3.05) is 0 Å². The number of aromatic nitrogens is 3. The predicted molar refractivity (Wildman–Crippen MR) is 62.0 cm³/mol. The summed E-state index contributed by atoms with van der Waals surface area (Å²) < 4.78 is 37.8. The predicted octanol–water partition coefficient (Wildman–Crippen LogP) is -1.26. The summed E-state index contributed by atoms with van der Waals surface area (Å²) in [6.07, 6.45) is 0. The molecule has 2 aromatic rings. The van der Waals surface area contributed by atoms with Crippen molar-refractivity contribution >= 4 is 17.9 Å². The average Bonchev–Trinajstić information content (AvgIpc) is 2.32. The summed E-state index contributed by atoms with van der Waals surface area (Å²) in [6, 6.07) is 6.33. The van der Waals surface area contributed by atoms with Crippen LogP contribution < -0.4 is 56.9 Å². The fraction of sp³-hybridized carbons (Fsp3) is 0.100. The van der Waals surface area contributed by atoms with E-state index in [2.05, 4.69) is 16.9 Å². The van der Waals surface area contributed by atoms with Gasteiger partial charge in [-0.25, -0.2) is 4.68 Å². The normalized spacial score (nSPS) is 11.1. The Hall–Kier alpha value is -0.479. The van der Waals surface area contributed by atoms with Gasteiger partial charge in [-0.1, -0.05) is 17.3 Å². The number of allylic oxidation sites excluding steroid dienone is 1. The first-order valence-electron chi connectivity index (χ1n) is 5.10. The van der Waals surface area contributed by atoms with Crippen LogP contribution in [0.4, 0.5) is 12.9 Å². The van der Waals surface area contributed by atoms with Gasteiger partial charge in [-0.3, -0.25) is 4.79 Å². The smallest absolute Gasteiger partial charge is 0.445 e. The van der Waals surface area contributed by atoms with Crippen LogP contribution in [0.1, 0.15) is 0 Å². The molecule has 0 saturated heterocycles. The van der Waals surface area contributed by atoms with Gasteiger partial charge in [0.1, 0.15) is 5.52 Å². The van der Waals surface area contributed by atoms with Crippen LogP contribution in [0.5, 0.6) is 0 Å². The quantitative estimate of drug-likeness (QED) is 0.664. The van der Waals surface area contributed by atoms with Crippen LogP contribution in [-0.2, 0) is 6.54 Å². The molecule has 19 heavy (non-hydrogen) atoms. The van der Waals surface area contributed by atoms with Gasteiger partial charge >= 0.3 is 58.4 Å². The summed E-state index contributed by atoms with van der Waals surface area (Å²) in [6.45, 7) is -2.96. The van der Waals surface area contributed by atoms with E-state index in [9.17, 15) is 17.7 Å². The van der Waals surface area contributed by atoms with E-state index in [4.69, 9.17) is 0 Å². The molecule has 0 atom stereocenters. The van der Waals surface area contributed by atoms with Crippen LogP contribution in [0.3, 0.4) is 0 Å². The molecule has 1 aromatic carbocycles. The van der Waals surface area contributed by atoms with E-state index in [0.29, 0.717) is 10.2 Å². The summed E-state index contributed by atoms with van der Waals surface area (Å²) in [5.41, 5.74) is -1.25. The first kappa shape index (κ1) is 16.6. The van der Waals surface area contributed by atoms with Gasteiger partial charge in [-0.2, -0.15) is 0 Å². The van der Waals surface area contributed by atoms with Gasteiger partial charge < -0.3 is 12.9 Å². The molecule has 1 heterocycles. The molecule has 0 fully saturated rings. The van der Waals surface area contributed by atoms with Crippen LogP contribution in [0.2, 0.25) is 0 Å². The standard InChI is InChI=1S/C10H8BF3N3O.K/c1-7(11(12,13)14)6-17-10(18)8-4-2-3-5-9(8)15-16-17;/h2-5H,1,6H2;/q-1;+1. The summed E-state index contributed by atoms with van der Waals surface area (Å²) in [4.78, 5) is 11.8. The molecular formula is C10H8BF3KN3O. The van der Waals surface area contributed by atoms with Crippen molar-refractivity contribution < 1.29 is 64.3 Å². The molecule has 0 radical (unpaired) electrons. The van der Waals surface area contributed by atoms with Crippen molar-refractivity contribution in [3.8, 4) is 0 Å². The number of hydrogen-bond acceptors (Lipinski definition) is 3. The van der Waals surface area contributed by atoms with Gasteiger partial charge in [0.2, 0.25) is 0 Å². The zero-order chi connectivity index (χ0) is 13.3. The second-order valence-electron chi connectivity index (χ2n) is 3.80. The zero-order valence-corrected chi connectivity index (χ0v) is 13.3. The number of hydrogen-bond donors (Lipinski definition) is 0. The van der Waals surface area contributed by atoms with Gasteiger partial charge in [-0.15, -0.1) is 17.2 Å². The second kappa shape index (κ2) is 6.31. The molecule has 94 valence electrons. The topological polar surface area (TPSA) is 47.8 Å². The van der Waals surface area contributed by atoms with Gasteiger partial charge in [0, 0.05) is 6.54 Å². The van der Waals surface area contributed by atoms with Crippen molar-refractivity contribution in [3.63, 3.8) is 0 Å². The number of rotatable bonds is 3. The van der Waals surface area contributed by atoms with Crippen molar-refractivity contribution in [2.24, 2.45) is 0 Å². The Balaban J connectivity index is 0.00000180. The van der Waals surface area contributed by atoms with Crippen molar-refractivity contribution in [1.82, 2.24) is 15.0 Å². The van der Waals surface area contributed by atoms with Gasteiger partial charge in [0.15, 0.2) is 0 Å². The summed E-state index contributed by atoms with van der Waals surface area (Å²) in [5.74, 6) is 0. The Labute approximate surface area is 149 Å². The Morgan fingerprint density at radius 2 is 1.95 bits per heavy atom. The molecule has 0 aliphatic heterocycles. The van der Waals surface area contributed by atoms with Gasteiger partial charge in [0.05, 0.1) is 5.39 Å². The minimum atomic E-state index is -5.18. The summed E-state index contributed by atoms with van der Waals surface area (Å²) in [7, 11) is 0.